The van der Waals surface area contributed by atoms with Gasteiger partial charge in [0.2, 0.25) is 0 Å². The highest BCUT2D eigenvalue weighted by molar-refractivity contribution is 7.94. The van der Waals surface area contributed by atoms with E-state index in [0.717, 1.165) is 16.9 Å². The minimum Gasteiger partial charge on any atom is -0.488 e. The minimum absolute atomic E-state index is 0.0973. The first-order valence-corrected chi connectivity index (χ1v) is 15.1. The van der Waals surface area contributed by atoms with Crippen molar-refractivity contribution in [3.05, 3.63) is 76.7 Å². The molecule has 40 heavy (non-hydrogen) atoms. The first kappa shape index (κ1) is 29.5. The molecule has 1 aliphatic heterocycles. The van der Waals surface area contributed by atoms with Gasteiger partial charge in [0.25, 0.3) is 15.9 Å². The number of hydrogen-bond donors (Lipinski definition) is 3. The molecule has 2 heterocycles. The first-order valence-electron chi connectivity index (χ1n) is 12.8. The third-order valence-corrected chi connectivity index (χ3v) is 9.60. The monoisotopic (exact) mass is 587 g/mol. The van der Waals surface area contributed by atoms with Gasteiger partial charge >= 0.3 is 5.97 Å². The van der Waals surface area contributed by atoms with E-state index < -0.39 is 22.0 Å². The largest absolute Gasteiger partial charge is 0.488 e. The zero-order chi connectivity index (χ0) is 29.0. The maximum atomic E-state index is 13.6. The molecular weight excluding hydrogens is 554 g/mol. The number of aromatic carboxylic acids is 1. The molecule has 3 N–H and O–H groups in total. The molecule has 0 saturated carbocycles. The van der Waals surface area contributed by atoms with Crippen LogP contribution in [0.4, 0.5) is 5.69 Å². The molecule has 214 valence electrons. The van der Waals surface area contributed by atoms with Crippen LogP contribution in [0.25, 0.3) is 0 Å². The van der Waals surface area contributed by atoms with E-state index in [1.165, 1.54) is 12.1 Å². The lowest BCUT2D eigenvalue weighted by Crippen LogP contribution is -2.49. The van der Waals surface area contributed by atoms with Gasteiger partial charge in [-0.3, -0.25) is 14.4 Å². The summed E-state index contributed by atoms with van der Waals surface area (Å²) in [6.07, 6.45) is -0.336. The van der Waals surface area contributed by atoms with Crippen molar-refractivity contribution in [2.75, 3.05) is 31.5 Å². The average molecular weight is 588 g/mol. The number of thiophene rings is 1. The topological polar surface area (TPSA) is 136 Å². The summed E-state index contributed by atoms with van der Waals surface area (Å²) in [7, 11) is -1.88. The van der Waals surface area contributed by atoms with Gasteiger partial charge in [0, 0.05) is 31.2 Å². The number of nitrogens with one attached hydrogen (secondary N) is 1. The zero-order valence-corrected chi connectivity index (χ0v) is 24.1. The van der Waals surface area contributed by atoms with E-state index in [0.29, 0.717) is 25.4 Å². The normalized spacial score (nSPS) is 18.4. The molecule has 1 aromatic heterocycles. The van der Waals surface area contributed by atoms with Gasteiger partial charge < -0.3 is 19.8 Å². The fourth-order valence-corrected chi connectivity index (χ4v) is 6.60. The molecule has 2 aromatic carbocycles. The fourth-order valence-electron chi connectivity index (χ4n) is 4.56. The number of nitrogens with zero attached hydrogens (tertiary/aromatic N) is 2. The van der Waals surface area contributed by atoms with Crippen molar-refractivity contribution in [2.45, 2.75) is 36.7 Å². The van der Waals surface area contributed by atoms with Gasteiger partial charge in [-0.25, -0.2) is 13.2 Å². The van der Waals surface area contributed by atoms with E-state index in [2.05, 4.69) is 9.62 Å². The summed E-state index contributed by atoms with van der Waals surface area (Å²) in [4.78, 5) is 28.4. The molecule has 3 aromatic rings. The SMILES string of the molecule is C[C@H](CO)N1C[C@H](C)[C@H](CN(C)Cc2ccc(C(=O)O)cc2)Oc2ccc(NS(=O)(=O)c3cccs3)cc2C1=O. The maximum absolute atomic E-state index is 13.6. The number of hydrogen-bond acceptors (Lipinski definition) is 8. The van der Waals surface area contributed by atoms with Crippen molar-refractivity contribution < 1.29 is 33.0 Å². The molecule has 3 atom stereocenters. The molecule has 0 unspecified atom stereocenters. The first-order chi connectivity index (χ1) is 19.0. The minimum atomic E-state index is -3.81. The van der Waals surface area contributed by atoms with Gasteiger partial charge in [-0.1, -0.05) is 25.1 Å². The lowest BCUT2D eigenvalue weighted by molar-refractivity contribution is 0.0341. The third-order valence-electron chi connectivity index (χ3n) is 6.82. The Kier molecular flexibility index (Phi) is 9.14. The Balaban J connectivity index is 1.59. The van der Waals surface area contributed by atoms with Crippen molar-refractivity contribution >= 4 is 38.9 Å². The van der Waals surface area contributed by atoms with Crippen LogP contribution in [-0.4, -0.2) is 79.2 Å². The molecule has 0 fully saturated rings. The smallest absolute Gasteiger partial charge is 0.335 e. The van der Waals surface area contributed by atoms with Crippen LogP contribution in [0.2, 0.25) is 0 Å². The molecule has 0 spiro atoms. The van der Waals surface area contributed by atoms with Gasteiger partial charge in [0.15, 0.2) is 0 Å². The van der Waals surface area contributed by atoms with Gasteiger partial charge in [-0.15, -0.1) is 11.3 Å². The molecule has 4 rings (SSSR count). The number of sulfonamides is 1. The van der Waals surface area contributed by atoms with Crippen LogP contribution < -0.4 is 9.46 Å². The number of carbonyl (C=O) groups is 2. The summed E-state index contributed by atoms with van der Waals surface area (Å²) in [5.41, 5.74) is 1.60. The lowest BCUT2D eigenvalue weighted by atomic mass is 9.99. The van der Waals surface area contributed by atoms with Crippen LogP contribution in [-0.2, 0) is 16.6 Å². The summed E-state index contributed by atoms with van der Waals surface area (Å²) in [5, 5.41) is 20.7. The number of amides is 1. The number of fused-ring (bicyclic) bond motifs is 1. The number of benzene rings is 2. The number of likely N-dealkylation sites (N-methyl/N-ethyl adjacent to an activating group) is 1. The Morgan fingerprint density at radius 1 is 1.23 bits per heavy atom. The predicted molar refractivity (Wildman–Crippen MR) is 152 cm³/mol. The van der Waals surface area contributed by atoms with Crippen molar-refractivity contribution in [3.8, 4) is 5.75 Å². The Hall–Kier alpha value is -3.45. The van der Waals surface area contributed by atoms with E-state index >= 15 is 0 Å². The second kappa shape index (κ2) is 12.4. The summed E-state index contributed by atoms with van der Waals surface area (Å²) in [5.74, 6) is -1.10. The number of carbonyl (C=O) groups excluding carboxylic acids is 1. The molecule has 0 aliphatic carbocycles. The van der Waals surface area contributed by atoms with Crippen LogP contribution in [0.5, 0.6) is 5.75 Å². The number of carboxylic acid groups (broad SMARTS) is 1. The summed E-state index contributed by atoms with van der Waals surface area (Å²) < 4.78 is 34.6. The molecule has 0 saturated heterocycles. The number of aliphatic hydroxyl groups is 1. The van der Waals surface area contributed by atoms with Crippen molar-refractivity contribution in [2.24, 2.45) is 5.92 Å². The third kappa shape index (κ3) is 6.81. The predicted octanol–water partition coefficient (Wildman–Crippen LogP) is 3.60. The number of carboxylic acids is 1. The van der Waals surface area contributed by atoms with Crippen LogP contribution >= 0.6 is 11.3 Å². The Labute approximate surface area is 237 Å². The quantitative estimate of drug-likeness (QED) is 0.327. The number of aliphatic hydroxyl groups excluding tert-OH is 1. The van der Waals surface area contributed by atoms with Gasteiger partial charge in [-0.2, -0.15) is 0 Å². The molecule has 0 bridgehead atoms. The number of rotatable bonds is 10. The molecule has 1 aliphatic rings. The second-order valence-corrected chi connectivity index (χ2v) is 12.9. The Morgan fingerprint density at radius 3 is 2.58 bits per heavy atom. The molecule has 0 radical (unpaired) electrons. The summed E-state index contributed by atoms with van der Waals surface area (Å²) in [6.45, 7) is 4.91. The number of ether oxygens (including phenoxy) is 1. The van der Waals surface area contributed by atoms with Crippen LogP contribution in [0.15, 0.2) is 64.2 Å². The molecule has 12 heteroatoms. The number of anilines is 1. The lowest BCUT2D eigenvalue weighted by Gasteiger charge is -2.38. The Bertz CT molecular complexity index is 1440. The van der Waals surface area contributed by atoms with Crippen LogP contribution in [0, 0.1) is 5.92 Å². The van der Waals surface area contributed by atoms with Crippen molar-refractivity contribution in [1.29, 1.82) is 0 Å². The van der Waals surface area contributed by atoms with Gasteiger partial charge in [-0.05, 0) is 61.3 Å². The zero-order valence-electron chi connectivity index (χ0n) is 22.5. The van der Waals surface area contributed by atoms with E-state index in [1.807, 2.05) is 14.0 Å². The van der Waals surface area contributed by atoms with E-state index in [1.54, 1.807) is 59.7 Å². The maximum Gasteiger partial charge on any atom is 0.335 e. The second-order valence-electron chi connectivity index (χ2n) is 10.1. The highest BCUT2D eigenvalue weighted by Crippen LogP contribution is 2.32. The van der Waals surface area contributed by atoms with Gasteiger partial charge in [0.05, 0.1) is 23.8 Å². The van der Waals surface area contributed by atoms with E-state index in [4.69, 9.17) is 9.84 Å². The average Bonchev–Trinajstić information content (AvgIpc) is 3.47. The van der Waals surface area contributed by atoms with Gasteiger partial charge in [0.1, 0.15) is 16.1 Å². The van der Waals surface area contributed by atoms with Crippen LogP contribution in [0.3, 0.4) is 0 Å². The Morgan fingerprint density at radius 2 is 1.95 bits per heavy atom. The van der Waals surface area contributed by atoms with E-state index in [9.17, 15) is 23.1 Å². The molecular formula is C28H33N3O7S2. The van der Waals surface area contributed by atoms with Crippen LogP contribution in [0.1, 0.15) is 40.1 Å². The highest BCUT2D eigenvalue weighted by atomic mass is 32.2. The standard InChI is InChI=1S/C28H33N3O7S2/c1-18-14-31(19(2)17-32)27(33)23-13-22(29-40(36,37)26-5-4-12-39-26)10-11-24(23)38-25(18)16-30(3)15-20-6-8-21(9-7-20)28(34)35/h4-13,18-19,25,29,32H,14-17H2,1-3H3,(H,34,35)/t18-,19+,25-/m0/s1. The van der Waals surface area contributed by atoms with E-state index in [-0.39, 0.29) is 45.6 Å². The summed E-state index contributed by atoms with van der Waals surface area (Å²) in [6, 6.07) is 14.0. The van der Waals surface area contributed by atoms with Crippen molar-refractivity contribution in [3.63, 3.8) is 0 Å². The highest BCUT2D eigenvalue weighted by Gasteiger charge is 2.33. The summed E-state index contributed by atoms with van der Waals surface area (Å²) >= 11 is 1.09. The van der Waals surface area contributed by atoms with Crippen molar-refractivity contribution in [1.82, 2.24) is 9.80 Å². The fraction of sp³-hybridized carbons (Fsp3) is 0.357. The molecule has 1 amide bonds. The molecule has 10 nitrogen and oxygen atoms in total.